The first-order valence-corrected chi connectivity index (χ1v) is 5.91. The van der Waals surface area contributed by atoms with E-state index in [0.717, 1.165) is 0 Å². The lowest BCUT2D eigenvalue weighted by Crippen LogP contribution is -2.35. The van der Waals surface area contributed by atoms with Crippen LogP contribution in [0.25, 0.3) is 0 Å². The number of hydrogen-bond donors (Lipinski definition) is 0. The fourth-order valence-corrected chi connectivity index (χ4v) is 5.02. The van der Waals surface area contributed by atoms with Gasteiger partial charge in [0.1, 0.15) is 4.87 Å². The zero-order valence-corrected chi connectivity index (χ0v) is 10.7. The molecule has 2 aliphatic carbocycles. The molecule has 1 fully saturated rings. The van der Waals surface area contributed by atoms with Crippen LogP contribution < -0.4 is 0 Å². The molecule has 3 atom stereocenters. The fraction of sp³-hybridized carbons (Fsp3) is 0.714. The summed E-state index contributed by atoms with van der Waals surface area (Å²) in [6.07, 6.45) is 0.447. The van der Waals surface area contributed by atoms with E-state index in [9.17, 15) is 0 Å². The fourth-order valence-electron chi connectivity index (χ4n) is 1.88. The van der Waals surface area contributed by atoms with Gasteiger partial charge in [-0.25, -0.2) is 0 Å². The molecule has 0 saturated heterocycles. The lowest BCUT2D eigenvalue weighted by molar-refractivity contribution is 0.652. The Morgan fingerprint density at radius 2 is 1.69 bits per heavy atom. The molecule has 0 aromatic carbocycles. The van der Waals surface area contributed by atoms with Crippen LogP contribution in [0, 0.1) is 5.92 Å². The highest BCUT2D eigenvalue weighted by Gasteiger charge is 2.70. The van der Waals surface area contributed by atoms with Crippen LogP contribution in [-0.2, 0) is 0 Å². The maximum Gasteiger partial charge on any atom is 0.151 e. The topological polar surface area (TPSA) is 0 Å². The van der Waals surface area contributed by atoms with Gasteiger partial charge < -0.3 is 0 Å². The Bertz CT molecular complexity index is 295. The molecule has 0 aliphatic heterocycles. The van der Waals surface area contributed by atoms with E-state index in [1.807, 2.05) is 0 Å². The van der Waals surface area contributed by atoms with Crippen molar-refractivity contribution >= 4 is 69.6 Å². The molecule has 0 N–H and O–H groups in total. The Morgan fingerprint density at radius 1 is 1.15 bits per heavy atom. The number of hydrogen-bond acceptors (Lipinski definition) is 0. The monoisotopic (exact) mass is 298 g/mol. The number of fused-ring (bicyclic) bond motifs is 2. The number of allylic oxidation sites excluding steroid dienone is 2. The molecule has 0 spiro atoms. The van der Waals surface area contributed by atoms with E-state index < -0.39 is 9.21 Å². The van der Waals surface area contributed by atoms with Crippen LogP contribution in [-0.4, -0.2) is 14.6 Å². The minimum Gasteiger partial charge on any atom is -0.122 e. The molecule has 2 bridgehead atoms. The van der Waals surface area contributed by atoms with Gasteiger partial charge in [0.15, 0.2) is 4.33 Å². The summed E-state index contributed by atoms with van der Waals surface area (Å²) in [4.78, 5) is -1.01. The van der Waals surface area contributed by atoms with Crippen molar-refractivity contribution in [2.24, 2.45) is 5.92 Å². The Balaban J connectivity index is 2.58. The van der Waals surface area contributed by atoms with E-state index in [-0.39, 0.29) is 11.3 Å². The van der Waals surface area contributed by atoms with Gasteiger partial charge in [-0.2, -0.15) is 0 Å². The minimum atomic E-state index is -1.19. The van der Waals surface area contributed by atoms with Gasteiger partial charge in [-0.1, -0.05) is 46.4 Å². The predicted molar refractivity (Wildman–Crippen MR) is 59.5 cm³/mol. The minimum absolute atomic E-state index is 0.248. The van der Waals surface area contributed by atoms with Gasteiger partial charge in [-0.3, -0.25) is 0 Å². The SMILES string of the molecule is ClC1=C(Cl)[C@@]2(Cl)C[C@@H](Cl)[C@@H]1C2(Cl)Cl. The first-order valence-electron chi connectivity index (χ1n) is 3.59. The molecule has 0 unspecified atom stereocenters. The molecule has 2 aliphatic rings. The van der Waals surface area contributed by atoms with Crippen LogP contribution >= 0.6 is 69.6 Å². The predicted octanol–water partition coefficient (Wildman–Crippen LogP) is 4.47. The number of halogens is 6. The zero-order chi connectivity index (χ0) is 10.0. The van der Waals surface area contributed by atoms with E-state index in [4.69, 9.17) is 69.6 Å². The van der Waals surface area contributed by atoms with Crippen molar-refractivity contribution in [2.75, 3.05) is 0 Å². The van der Waals surface area contributed by atoms with Gasteiger partial charge in [0, 0.05) is 16.3 Å². The maximum absolute atomic E-state index is 6.21. The third kappa shape index (κ3) is 1.14. The summed E-state index contributed by atoms with van der Waals surface area (Å²) >= 11 is 36.3. The molecular formula is C7H4Cl6. The molecule has 0 aromatic rings. The lowest BCUT2D eigenvalue weighted by Gasteiger charge is -2.27. The van der Waals surface area contributed by atoms with Gasteiger partial charge in [0.2, 0.25) is 0 Å². The van der Waals surface area contributed by atoms with Gasteiger partial charge >= 0.3 is 0 Å². The van der Waals surface area contributed by atoms with Crippen LogP contribution in [0.4, 0.5) is 0 Å². The van der Waals surface area contributed by atoms with Crippen molar-refractivity contribution in [3.63, 3.8) is 0 Å². The van der Waals surface area contributed by atoms with Crippen LogP contribution in [0.1, 0.15) is 6.42 Å². The Kier molecular flexibility index (Phi) is 2.53. The highest BCUT2D eigenvalue weighted by molar-refractivity contribution is 6.60. The third-order valence-corrected chi connectivity index (χ3v) is 6.09. The first-order chi connectivity index (χ1) is 5.82. The standard InChI is InChI=1S/C7H4Cl6/c8-2-1-6(11)5(10)4(9)3(2)7(6,12)13/h2-3H,1H2/t2-,3+,6+/m1/s1. The van der Waals surface area contributed by atoms with Crippen LogP contribution in [0.15, 0.2) is 10.1 Å². The van der Waals surface area contributed by atoms with Gasteiger partial charge in [0.25, 0.3) is 0 Å². The Hall–Kier alpha value is 1.48. The van der Waals surface area contributed by atoms with Crippen LogP contribution in [0.5, 0.6) is 0 Å². The second-order valence-electron chi connectivity index (χ2n) is 3.28. The van der Waals surface area contributed by atoms with Crippen molar-refractivity contribution in [2.45, 2.75) is 21.0 Å². The smallest absolute Gasteiger partial charge is 0.122 e. The molecular weight excluding hydrogens is 297 g/mol. The summed E-state index contributed by atoms with van der Waals surface area (Å²) in [6.45, 7) is 0. The van der Waals surface area contributed by atoms with Crippen molar-refractivity contribution in [1.29, 1.82) is 0 Å². The quantitative estimate of drug-likeness (QED) is 0.579. The summed E-state index contributed by atoms with van der Waals surface area (Å²) in [5, 5.41) is 0.484. The average molecular weight is 301 g/mol. The first kappa shape index (κ1) is 11.0. The number of rotatable bonds is 0. The zero-order valence-electron chi connectivity index (χ0n) is 6.13. The summed E-state index contributed by atoms with van der Waals surface area (Å²) in [5.74, 6) is -0.357. The van der Waals surface area contributed by atoms with Crippen LogP contribution in [0.2, 0.25) is 0 Å². The summed E-state index contributed by atoms with van der Waals surface area (Å²) in [7, 11) is 0. The molecule has 0 heterocycles. The van der Waals surface area contributed by atoms with Crippen molar-refractivity contribution in [3.8, 4) is 0 Å². The molecule has 0 nitrogen and oxygen atoms in total. The third-order valence-electron chi connectivity index (χ3n) is 2.59. The van der Waals surface area contributed by atoms with Crippen molar-refractivity contribution in [3.05, 3.63) is 10.1 Å². The summed E-state index contributed by atoms with van der Waals surface area (Å²) in [6, 6.07) is 0. The molecule has 1 saturated carbocycles. The molecule has 2 rings (SSSR count). The second kappa shape index (κ2) is 2.99. The molecule has 6 heteroatoms. The maximum atomic E-state index is 6.21. The van der Waals surface area contributed by atoms with Gasteiger partial charge in [-0.05, 0) is 6.42 Å². The Morgan fingerprint density at radius 3 is 2.00 bits per heavy atom. The molecule has 0 amide bonds. The largest absolute Gasteiger partial charge is 0.151 e. The van der Waals surface area contributed by atoms with E-state index in [1.165, 1.54) is 0 Å². The Labute approximate surface area is 106 Å². The van der Waals surface area contributed by atoms with Crippen molar-refractivity contribution < 1.29 is 0 Å². The van der Waals surface area contributed by atoms with Gasteiger partial charge in [-0.15, -0.1) is 23.2 Å². The molecule has 74 valence electrons. The van der Waals surface area contributed by atoms with E-state index in [2.05, 4.69) is 0 Å². The van der Waals surface area contributed by atoms with Gasteiger partial charge in [0.05, 0.1) is 5.03 Å². The van der Waals surface area contributed by atoms with Crippen LogP contribution in [0.3, 0.4) is 0 Å². The highest BCUT2D eigenvalue weighted by Crippen LogP contribution is 2.68. The summed E-state index contributed by atoms with van der Waals surface area (Å²) < 4.78 is -1.19. The van der Waals surface area contributed by atoms with E-state index in [0.29, 0.717) is 16.5 Å². The lowest BCUT2D eigenvalue weighted by atomic mass is 10.1. The average Bonchev–Trinajstić information content (AvgIpc) is 2.22. The summed E-state index contributed by atoms with van der Waals surface area (Å²) in [5.41, 5.74) is 0. The number of alkyl halides is 4. The van der Waals surface area contributed by atoms with E-state index in [1.54, 1.807) is 0 Å². The van der Waals surface area contributed by atoms with E-state index >= 15 is 0 Å². The molecule has 0 aromatic heterocycles. The second-order valence-corrected chi connectivity index (χ2v) is 6.66. The highest BCUT2D eigenvalue weighted by atomic mass is 35.5. The van der Waals surface area contributed by atoms with Crippen molar-refractivity contribution in [1.82, 2.24) is 0 Å². The normalized spacial score (nSPS) is 47.5. The molecule has 0 radical (unpaired) electrons. The molecule has 13 heavy (non-hydrogen) atoms.